The Labute approximate surface area is 207 Å². The number of aromatic nitrogens is 2. The van der Waals surface area contributed by atoms with Gasteiger partial charge in [0.25, 0.3) is 5.91 Å². The number of aliphatic hydroxyl groups is 1. The SMILES string of the molecule is CC(C)c1ccccc1-c1nc2c(n1Cc1ccccc1)C(=O)N(CCCO)C(=O)C(I)C2. The van der Waals surface area contributed by atoms with Crippen molar-refractivity contribution in [3.63, 3.8) is 0 Å². The van der Waals surface area contributed by atoms with Gasteiger partial charge in [-0.15, -0.1) is 0 Å². The molecule has 1 aliphatic heterocycles. The second kappa shape index (κ2) is 10.2. The smallest absolute Gasteiger partial charge is 0.279 e. The van der Waals surface area contributed by atoms with E-state index in [1.165, 1.54) is 10.5 Å². The number of nitrogens with zero attached hydrogens (tertiary/aromatic N) is 3. The molecule has 1 N–H and O–H groups in total. The molecule has 1 atom stereocenters. The molecule has 0 saturated heterocycles. The molecule has 1 aromatic heterocycles. The second-order valence-electron chi connectivity index (χ2n) is 8.59. The van der Waals surface area contributed by atoms with Crippen LogP contribution in [0.1, 0.15) is 53.5 Å². The molecule has 0 spiro atoms. The largest absolute Gasteiger partial charge is 0.396 e. The van der Waals surface area contributed by atoms with Gasteiger partial charge >= 0.3 is 0 Å². The van der Waals surface area contributed by atoms with Gasteiger partial charge in [-0.1, -0.05) is 91.0 Å². The van der Waals surface area contributed by atoms with Crippen LogP contribution in [0.3, 0.4) is 0 Å². The number of aliphatic hydroxyl groups excluding tert-OH is 1. The van der Waals surface area contributed by atoms with Crippen LogP contribution < -0.4 is 0 Å². The van der Waals surface area contributed by atoms with Crippen LogP contribution >= 0.6 is 22.6 Å². The van der Waals surface area contributed by atoms with Crippen molar-refractivity contribution < 1.29 is 14.7 Å². The fourth-order valence-corrected chi connectivity index (χ4v) is 5.06. The lowest BCUT2D eigenvalue weighted by Crippen LogP contribution is -2.41. The van der Waals surface area contributed by atoms with E-state index in [0.717, 1.165) is 17.0 Å². The standard InChI is InChI=1S/C26H28IN3O3/c1-17(2)19-11-6-7-12-20(19)24-28-22-15-21(27)25(32)29(13-8-14-31)26(33)23(22)30(24)16-18-9-4-3-5-10-18/h3-7,9-12,17,21,31H,8,13-16H2,1-2H3. The molecule has 172 valence electrons. The van der Waals surface area contributed by atoms with E-state index in [1.54, 1.807) is 0 Å². The molecular weight excluding hydrogens is 529 g/mol. The fraction of sp³-hybridized carbons (Fsp3) is 0.346. The molecule has 1 aliphatic rings. The first-order valence-electron chi connectivity index (χ1n) is 11.3. The molecule has 3 aromatic rings. The van der Waals surface area contributed by atoms with Gasteiger partial charge in [0.05, 0.1) is 9.62 Å². The number of halogens is 1. The van der Waals surface area contributed by atoms with Gasteiger partial charge in [0.1, 0.15) is 11.5 Å². The number of hydrogen-bond acceptors (Lipinski definition) is 4. The Morgan fingerprint density at radius 3 is 2.48 bits per heavy atom. The molecule has 0 aliphatic carbocycles. The van der Waals surface area contributed by atoms with Gasteiger partial charge in [-0.05, 0) is 23.5 Å². The van der Waals surface area contributed by atoms with Gasteiger partial charge in [0.2, 0.25) is 5.91 Å². The van der Waals surface area contributed by atoms with Crippen molar-refractivity contribution in [1.82, 2.24) is 14.5 Å². The van der Waals surface area contributed by atoms with Crippen molar-refractivity contribution in [2.24, 2.45) is 0 Å². The summed E-state index contributed by atoms with van der Waals surface area (Å²) >= 11 is 2.10. The van der Waals surface area contributed by atoms with Crippen molar-refractivity contribution in [3.8, 4) is 11.4 Å². The Bertz CT molecular complexity index is 1160. The molecule has 0 radical (unpaired) electrons. The van der Waals surface area contributed by atoms with Crippen LogP contribution in [0.5, 0.6) is 0 Å². The lowest BCUT2D eigenvalue weighted by molar-refractivity contribution is -0.127. The molecule has 2 heterocycles. The summed E-state index contributed by atoms with van der Waals surface area (Å²) in [5, 5.41) is 9.32. The first kappa shape index (κ1) is 23.6. The maximum atomic E-state index is 13.7. The van der Waals surface area contributed by atoms with Gasteiger partial charge in [-0.3, -0.25) is 14.5 Å². The number of rotatable bonds is 7. The summed E-state index contributed by atoms with van der Waals surface area (Å²) in [6.07, 6.45) is 0.751. The highest BCUT2D eigenvalue weighted by molar-refractivity contribution is 14.1. The third-order valence-electron chi connectivity index (χ3n) is 5.94. The minimum Gasteiger partial charge on any atom is -0.396 e. The molecule has 0 fully saturated rings. The lowest BCUT2D eigenvalue weighted by Gasteiger charge is -2.22. The average Bonchev–Trinajstić information content (AvgIpc) is 3.12. The monoisotopic (exact) mass is 557 g/mol. The van der Waals surface area contributed by atoms with Crippen molar-refractivity contribution in [3.05, 3.63) is 77.1 Å². The summed E-state index contributed by atoms with van der Waals surface area (Å²) in [5.74, 6) is 0.488. The summed E-state index contributed by atoms with van der Waals surface area (Å²) in [4.78, 5) is 33.0. The number of benzene rings is 2. The van der Waals surface area contributed by atoms with Crippen molar-refractivity contribution >= 4 is 34.4 Å². The van der Waals surface area contributed by atoms with E-state index >= 15 is 0 Å². The minimum atomic E-state index is -0.389. The summed E-state index contributed by atoms with van der Waals surface area (Å²) in [6.45, 7) is 4.89. The van der Waals surface area contributed by atoms with E-state index < -0.39 is 0 Å². The zero-order valence-corrected chi connectivity index (χ0v) is 21.0. The zero-order valence-electron chi connectivity index (χ0n) is 18.9. The fourth-order valence-electron chi connectivity index (χ4n) is 4.31. The van der Waals surface area contributed by atoms with E-state index in [-0.39, 0.29) is 28.9 Å². The second-order valence-corrected chi connectivity index (χ2v) is 10.1. The maximum absolute atomic E-state index is 13.7. The van der Waals surface area contributed by atoms with Crippen LogP contribution in [0, 0.1) is 0 Å². The Morgan fingerprint density at radius 2 is 1.79 bits per heavy atom. The molecule has 0 saturated carbocycles. The Hall–Kier alpha value is -2.52. The van der Waals surface area contributed by atoms with Gasteiger partial charge in [0, 0.05) is 31.7 Å². The van der Waals surface area contributed by atoms with Crippen LogP contribution in [0.4, 0.5) is 0 Å². The van der Waals surface area contributed by atoms with Crippen LogP contribution in [0.25, 0.3) is 11.4 Å². The zero-order chi connectivity index (χ0) is 23.5. The van der Waals surface area contributed by atoms with Gasteiger partial charge < -0.3 is 9.67 Å². The molecule has 1 unspecified atom stereocenters. The first-order valence-corrected chi connectivity index (χ1v) is 12.5. The van der Waals surface area contributed by atoms with E-state index in [0.29, 0.717) is 36.7 Å². The predicted octanol–water partition coefficient (Wildman–Crippen LogP) is 4.43. The molecule has 7 heteroatoms. The molecule has 0 bridgehead atoms. The van der Waals surface area contributed by atoms with Crippen molar-refractivity contribution in [1.29, 1.82) is 0 Å². The number of fused-ring (bicyclic) bond motifs is 1. The Morgan fingerprint density at radius 1 is 1.09 bits per heavy atom. The predicted molar refractivity (Wildman–Crippen MR) is 137 cm³/mol. The summed E-state index contributed by atoms with van der Waals surface area (Å²) in [7, 11) is 0. The number of alkyl halides is 1. The minimum absolute atomic E-state index is 0.0773. The van der Waals surface area contributed by atoms with Crippen LogP contribution in [0.15, 0.2) is 54.6 Å². The molecule has 2 aromatic carbocycles. The number of imidazole rings is 1. The third-order valence-corrected chi connectivity index (χ3v) is 6.91. The summed E-state index contributed by atoms with van der Waals surface area (Å²) in [6, 6.07) is 18.2. The lowest BCUT2D eigenvalue weighted by atomic mass is 9.97. The van der Waals surface area contributed by atoms with Crippen molar-refractivity contribution in [2.45, 2.75) is 43.1 Å². The van der Waals surface area contributed by atoms with E-state index in [4.69, 9.17) is 4.98 Å². The average molecular weight is 557 g/mol. The molecule has 2 amide bonds. The van der Waals surface area contributed by atoms with E-state index in [9.17, 15) is 14.7 Å². The number of hydrogen-bond donors (Lipinski definition) is 1. The molecular formula is C26H28IN3O3. The summed E-state index contributed by atoms with van der Waals surface area (Å²) in [5.41, 5.74) is 4.35. The maximum Gasteiger partial charge on any atom is 0.279 e. The first-order chi connectivity index (χ1) is 15.9. The van der Waals surface area contributed by atoms with Gasteiger partial charge in [0.15, 0.2) is 0 Å². The van der Waals surface area contributed by atoms with E-state index in [1.807, 2.05) is 47.0 Å². The molecule has 6 nitrogen and oxygen atoms in total. The van der Waals surface area contributed by atoms with Crippen LogP contribution in [0.2, 0.25) is 0 Å². The Kier molecular flexibility index (Phi) is 7.29. The molecule has 33 heavy (non-hydrogen) atoms. The van der Waals surface area contributed by atoms with E-state index in [2.05, 4.69) is 48.6 Å². The van der Waals surface area contributed by atoms with Crippen LogP contribution in [-0.4, -0.2) is 48.4 Å². The van der Waals surface area contributed by atoms with Gasteiger partial charge in [-0.2, -0.15) is 0 Å². The normalized spacial score (nSPS) is 16.3. The summed E-state index contributed by atoms with van der Waals surface area (Å²) < 4.78 is 1.59. The molecule has 4 rings (SSSR count). The highest BCUT2D eigenvalue weighted by Gasteiger charge is 2.38. The van der Waals surface area contributed by atoms with Crippen molar-refractivity contribution in [2.75, 3.05) is 13.2 Å². The number of amides is 2. The Balaban J connectivity index is 1.93. The highest BCUT2D eigenvalue weighted by Crippen LogP contribution is 2.33. The topological polar surface area (TPSA) is 75.4 Å². The number of carbonyl (C=O) groups excluding carboxylic acids is 2. The quantitative estimate of drug-likeness (QED) is 0.265. The highest BCUT2D eigenvalue weighted by atomic mass is 127. The van der Waals surface area contributed by atoms with Crippen LogP contribution in [-0.2, 0) is 17.8 Å². The van der Waals surface area contributed by atoms with Gasteiger partial charge in [-0.25, -0.2) is 4.98 Å². The third kappa shape index (κ3) is 4.75. The number of imide groups is 1. The number of carbonyl (C=O) groups is 2.